The summed E-state index contributed by atoms with van der Waals surface area (Å²) in [6.45, 7) is 1.42. The van der Waals surface area contributed by atoms with Crippen molar-refractivity contribution in [2.75, 3.05) is 0 Å². The van der Waals surface area contributed by atoms with Crippen molar-refractivity contribution in [3.05, 3.63) is 63.2 Å². The Morgan fingerprint density at radius 3 is 2.58 bits per heavy atom. The fourth-order valence-corrected chi connectivity index (χ4v) is 2.80. The van der Waals surface area contributed by atoms with Crippen molar-refractivity contribution < 1.29 is 14.5 Å². The van der Waals surface area contributed by atoms with E-state index < -0.39 is 17.0 Å². The Bertz CT molecular complexity index is 818. The third-order valence-corrected chi connectivity index (χ3v) is 4.24. The SMILES string of the molecule is C[C@H](C#N)OC(=O)c1cc([N+](=O)[O-])ccc1Sc1ccc(Cl)cc1. The smallest absolute Gasteiger partial charge is 0.340 e. The molecule has 0 aromatic heterocycles. The number of nitriles is 1. The predicted molar refractivity (Wildman–Crippen MR) is 89.2 cm³/mol. The van der Waals surface area contributed by atoms with Crippen molar-refractivity contribution in [2.45, 2.75) is 22.8 Å². The summed E-state index contributed by atoms with van der Waals surface area (Å²) in [6.07, 6.45) is -0.954. The fourth-order valence-electron chi connectivity index (χ4n) is 1.76. The van der Waals surface area contributed by atoms with Gasteiger partial charge in [0.2, 0.25) is 0 Å². The third-order valence-electron chi connectivity index (χ3n) is 2.90. The average molecular weight is 363 g/mol. The minimum Gasteiger partial charge on any atom is -0.444 e. The van der Waals surface area contributed by atoms with Gasteiger partial charge in [-0.05, 0) is 37.3 Å². The van der Waals surface area contributed by atoms with Gasteiger partial charge in [-0.1, -0.05) is 23.4 Å². The minimum atomic E-state index is -0.954. The summed E-state index contributed by atoms with van der Waals surface area (Å²) in [5.74, 6) is -0.788. The molecule has 0 aliphatic heterocycles. The Balaban J connectivity index is 2.38. The summed E-state index contributed by atoms with van der Waals surface area (Å²) >= 11 is 7.08. The number of esters is 1. The number of hydrogen-bond acceptors (Lipinski definition) is 6. The van der Waals surface area contributed by atoms with Gasteiger partial charge in [0.1, 0.15) is 6.07 Å². The van der Waals surface area contributed by atoms with Gasteiger partial charge in [0.25, 0.3) is 5.69 Å². The number of nitro benzene ring substituents is 1. The van der Waals surface area contributed by atoms with Crippen LogP contribution in [0, 0.1) is 21.4 Å². The van der Waals surface area contributed by atoms with Crippen molar-refractivity contribution >= 4 is 35.0 Å². The molecule has 0 radical (unpaired) electrons. The molecule has 0 aliphatic rings. The first kappa shape index (κ1) is 17.8. The van der Waals surface area contributed by atoms with Crippen LogP contribution >= 0.6 is 23.4 Å². The molecule has 24 heavy (non-hydrogen) atoms. The second kappa shape index (κ2) is 7.81. The largest absolute Gasteiger partial charge is 0.444 e. The first-order chi connectivity index (χ1) is 11.4. The Kier molecular flexibility index (Phi) is 5.79. The normalized spacial score (nSPS) is 11.4. The standard InChI is InChI=1S/C16H11ClN2O4S/c1-10(9-18)23-16(20)14-8-12(19(21)22)4-7-15(14)24-13-5-2-11(17)3-6-13/h2-8,10H,1H3/t10-/m1/s1. The zero-order valence-electron chi connectivity index (χ0n) is 12.4. The first-order valence-corrected chi connectivity index (χ1v) is 7.92. The number of carbonyl (C=O) groups excluding carboxylic acids is 1. The first-order valence-electron chi connectivity index (χ1n) is 6.73. The lowest BCUT2D eigenvalue weighted by atomic mass is 10.2. The fraction of sp³-hybridized carbons (Fsp3) is 0.125. The van der Waals surface area contributed by atoms with E-state index in [2.05, 4.69) is 0 Å². The van der Waals surface area contributed by atoms with Gasteiger partial charge in [-0.2, -0.15) is 5.26 Å². The van der Waals surface area contributed by atoms with Gasteiger partial charge < -0.3 is 4.74 Å². The number of ether oxygens (including phenoxy) is 1. The summed E-state index contributed by atoms with van der Waals surface area (Å²) in [6, 6.07) is 12.6. The molecular formula is C16H11ClN2O4S. The van der Waals surface area contributed by atoms with Crippen LogP contribution in [-0.4, -0.2) is 17.0 Å². The van der Waals surface area contributed by atoms with Gasteiger partial charge in [-0.25, -0.2) is 4.79 Å². The van der Waals surface area contributed by atoms with Gasteiger partial charge in [0, 0.05) is 26.9 Å². The van der Waals surface area contributed by atoms with E-state index >= 15 is 0 Å². The highest BCUT2D eigenvalue weighted by Gasteiger charge is 2.20. The number of benzene rings is 2. The van der Waals surface area contributed by atoms with Gasteiger partial charge >= 0.3 is 5.97 Å². The maximum absolute atomic E-state index is 12.2. The number of non-ortho nitro benzene ring substituents is 1. The Morgan fingerprint density at radius 2 is 2.00 bits per heavy atom. The lowest BCUT2D eigenvalue weighted by Gasteiger charge is -2.10. The summed E-state index contributed by atoms with van der Waals surface area (Å²) in [7, 11) is 0. The molecule has 0 saturated carbocycles. The molecule has 6 nitrogen and oxygen atoms in total. The summed E-state index contributed by atoms with van der Waals surface area (Å²) in [5.41, 5.74) is -0.196. The zero-order valence-corrected chi connectivity index (χ0v) is 14.0. The minimum absolute atomic E-state index is 0.0336. The number of nitro groups is 1. The molecule has 0 fully saturated rings. The molecule has 0 aliphatic carbocycles. The van der Waals surface area contributed by atoms with Crippen LogP contribution in [-0.2, 0) is 4.74 Å². The number of carbonyl (C=O) groups is 1. The highest BCUT2D eigenvalue weighted by atomic mass is 35.5. The molecule has 0 saturated heterocycles. The lowest BCUT2D eigenvalue weighted by Crippen LogP contribution is -2.14. The van der Waals surface area contributed by atoms with Crippen molar-refractivity contribution in [1.29, 1.82) is 5.26 Å². The highest BCUT2D eigenvalue weighted by Crippen LogP contribution is 2.33. The van der Waals surface area contributed by atoms with Crippen LogP contribution in [0.1, 0.15) is 17.3 Å². The molecule has 2 rings (SSSR count). The quantitative estimate of drug-likeness (QED) is 0.442. The van der Waals surface area contributed by atoms with Crippen LogP contribution in [0.2, 0.25) is 5.02 Å². The van der Waals surface area contributed by atoms with E-state index in [0.29, 0.717) is 9.92 Å². The molecule has 0 N–H and O–H groups in total. The molecule has 2 aromatic rings. The van der Waals surface area contributed by atoms with E-state index in [9.17, 15) is 14.9 Å². The Hall–Kier alpha value is -2.56. The van der Waals surface area contributed by atoms with E-state index in [1.165, 1.54) is 30.8 Å². The number of nitrogens with zero attached hydrogens (tertiary/aromatic N) is 2. The van der Waals surface area contributed by atoms with E-state index in [-0.39, 0.29) is 11.3 Å². The van der Waals surface area contributed by atoms with Crippen molar-refractivity contribution in [3.63, 3.8) is 0 Å². The van der Waals surface area contributed by atoms with Gasteiger partial charge in [0.15, 0.2) is 6.10 Å². The Labute approximate surface area is 147 Å². The maximum Gasteiger partial charge on any atom is 0.340 e. The van der Waals surface area contributed by atoms with Crippen molar-refractivity contribution in [2.24, 2.45) is 0 Å². The molecule has 8 heteroatoms. The molecule has 0 unspecified atom stereocenters. The molecule has 2 aromatic carbocycles. The van der Waals surface area contributed by atoms with Gasteiger partial charge in [-0.3, -0.25) is 10.1 Å². The van der Waals surface area contributed by atoms with Crippen LogP contribution < -0.4 is 0 Å². The molecule has 0 heterocycles. The maximum atomic E-state index is 12.2. The highest BCUT2D eigenvalue weighted by molar-refractivity contribution is 7.99. The monoisotopic (exact) mass is 362 g/mol. The van der Waals surface area contributed by atoms with Gasteiger partial charge in [-0.15, -0.1) is 0 Å². The van der Waals surface area contributed by atoms with E-state index in [1.807, 2.05) is 0 Å². The molecule has 1 atom stereocenters. The van der Waals surface area contributed by atoms with E-state index in [4.69, 9.17) is 21.6 Å². The lowest BCUT2D eigenvalue weighted by molar-refractivity contribution is -0.384. The Morgan fingerprint density at radius 1 is 1.33 bits per heavy atom. The summed E-state index contributed by atoms with van der Waals surface area (Å²) in [5, 5.41) is 20.3. The molecule has 0 amide bonds. The summed E-state index contributed by atoms with van der Waals surface area (Å²) < 4.78 is 4.96. The van der Waals surface area contributed by atoms with E-state index in [0.717, 1.165) is 11.0 Å². The molecule has 122 valence electrons. The second-order valence-electron chi connectivity index (χ2n) is 4.67. The predicted octanol–water partition coefficient (Wildman–Crippen LogP) is 4.47. The molecule has 0 bridgehead atoms. The van der Waals surface area contributed by atoms with Gasteiger partial charge in [0.05, 0.1) is 10.5 Å². The number of halogens is 1. The zero-order chi connectivity index (χ0) is 17.7. The third kappa shape index (κ3) is 4.47. The summed E-state index contributed by atoms with van der Waals surface area (Å²) in [4.78, 5) is 23.9. The van der Waals surface area contributed by atoms with Crippen LogP contribution in [0.15, 0.2) is 52.3 Å². The van der Waals surface area contributed by atoms with Crippen LogP contribution in [0.3, 0.4) is 0 Å². The van der Waals surface area contributed by atoms with Crippen LogP contribution in [0.4, 0.5) is 5.69 Å². The van der Waals surface area contributed by atoms with E-state index in [1.54, 1.807) is 30.3 Å². The van der Waals surface area contributed by atoms with Crippen molar-refractivity contribution in [1.82, 2.24) is 0 Å². The topological polar surface area (TPSA) is 93.2 Å². The van der Waals surface area contributed by atoms with Crippen LogP contribution in [0.5, 0.6) is 0 Å². The molecule has 0 spiro atoms. The van der Waals surface area contributed by atoms with Crippen molar-refractivity contribution in [3.8, 4) is 6.07 Å². The number of hydrogen-bond donors (Lipinski definition) is 0. The number of rotatable bonds is 5. The average Bonchev–Trinajstić information content (AvgIpc) is 2.56. The van der Waals surface area contributed by atoms with Crippen LogP contribution in [0.25, 0.3) is 0 Å². The second-order valence-corrected chi connectivity index (χ2v) is 6.22. The molecular weight excluding hydrogens is 352 g/mol.